The predicted molar refractivity (Wildman–Crippen MR) is 84.2 cm³/mol. The first-order valence-electron chi connectivity index (χ1n) is 6.42. The molecule has 2 heterocycles. The third-order valence-corrected chi connectivity index (χ3v) is 4.08. The Morgan fingerprint density at radius 1 is 1.00 bits per heavy atom. The minimum atomic E-state index is 0.723. The minimum Gasteiger partial charge on any atom is -0.218 e. The zero-order valence-electron chi connectivity index (χ0n) is 11.6. The van der Waals surface area contributed by atoms with Gasteiger partial charge in [-0.2, -0.15) is 5.10 Å². The SMILES string of the molecule is Cc1cc(C)n(-c2ccc(Sc3ccc(Cl)cc3)nn2)n1. The number of hydrogen-bond acceptors (Lipinski definition) is 4. The van der Waals surface area contributed by atoms with E-state index in [1.165, 1.54) is 0 Å². The Kier molecular flexibility index (Phi) is 3.94. The first-order chi connectivity index (χ1) is 10.1. The maximum Gasteiger partial charge on any atom is 0.175 e. The van der Waals surface area contributed by atoms with Gasteiger partial charge in [-0.15, -0.1) is 10.2 Å². The predicted octanol–water partition coefficient (Wildman–Crippen LogP) is 4.08. The van der Waals surface area contributed by atoms with Crippen LogP contribution in [0.3, 0.4) is 0 Å². The molecule has 0 aliphatic carbocycles. The second-order valence-electron chi connectivity index (χ2n) is 4.62. The van der Waals surface area contributed by atoms with Gasteiger partial charge in [0.15, 0.2) is 5.82 Å². The van der Waals surface area contributed by atoms with E-state index in [4.69, 9.17) is 11.6 Å². The van der Waals surface area contributed by atoms with E-state index < -0.39 is 0 Å². The molecular formula is C15H13ClN4S. The molecule has 4 nitrogen and oxygen atoms in total. The van der Waals surface area contributed by atoms with Crippen LogP contribution in [0.5, 0.6) is 0 Å². The topological polar surface area (TPSA) is 43.6 Å². The summed E-state index contributed by atoms with van der Waals surface area (Å²) in [5.74, 6) is 0.723. The Bertz CT molecular complexity index is 750. The molecule has 0 spiro atoms. The second-order valence-corrected chi connectivity index (χ2v) is 6.15. The Hall–Kier alpha value is -1.85. The number of halogens is 1. The fourth-order valence-corrected chi connectivity index (χ4v) is 2.82. The van der Waals surface area contributed by atoms with Gasteiger partial charge in [0.2, 0.25) is 0 Å². The lowest BCUT2D eigenvalue weighted by atomic mass is 10.4. The van der Waals surface area contributed by atoms with Gasteiger partial charge < -0.3 is 0 Å². The van der Waals surface area contributed by atoms with Crippen molar-refractivity contribution in [3.63, 3.8) is 0 Å². The van der Waals surface area contributed by atoms with Crippen molar-refractivity contribution in [2.45, 2.75) is 23.8 Å². The Morgan fingerprint density at radius 2 is 1.76 bits per heavy atom. The number of rotatable bonds is 3. The maximum absolute atomic E-state index is 5.87. The standard InChI is InChI=1S/C15H13ClN4S/c1-10-9-11(2)20(19-10)14-7-8-15(18-17-14)21-13-5-3-12(16)4-6-13/h3-9H,1-2H3. The van der Waals surface area contributed by atoms with Gasteiger partial charge in [0, 0.05) is 15.6 Å². The van der Waals surface area contributed by atoms with Crippen LogP contribution in [0.4, 0.5) is 0 Å². The molecule has 0 radical (unpaired) electrons. The molecule has 0 bridgehead atoms. The quantitative estimate of drug-likeness (QED) is 0.730. The normalized spacial score (nSPS) is 10.8. The van der Waals surface area contributed by atoms with Crippen molar-refractivity contribution in [1.29, 1.82) is 0 Å². The van der Waals surface area contributed by atoms with Gasteiger partial charge in [0.1, 0.15) is 5.03 Å². The summed E-state index contributed by atoms with van der Waals surface area (Å²) < 4.78 is 1.79. The van der Waals surface area contributed by atoms with Gasteiger partial charge in [0.05, 0.1) is 5.69 Å². The highest BCUT2D eigenvalue weighted by Gasteiger charge is 2.06. The Labute approximate surface area is 132 Å². The summed E-state index contributed by atoms with van der Waals surface area (Å²) in [4.78, 5) is 1.08. The van der Waals surface area contributed by atoms with Crippen molar-refractivity contribution in [2.24, 2.45) is 0 Å². The van der Waals surface area contributed by atoms with Crippen LogP contribution in [0.15, 0.2) is 52.4 Å². The molecule has 21 heavy (non-hydrogen) atoms. The van der Waals surface area contributed by atoms with Gasteiger partial charge in [0.25, 0.3) is 0 Å². The Balaban J connectivity index is 1.81. The molecule has 0 saturated heterocycles. The number of hydrogen-bond donors (Lipinski definition) is 0. The lowest BCUT2D eigenvalue weighted by Gasteiger charge is -2.04. The summed E-state index contributed by atoms with van der Waals surface area (Å²) in [6.45, 7) is 3.96. The summed E-state index contributed by atoms with van der Waals surface area (Å²) >= 11 is 7.42. The van der Waals surface area contributed by atoms with Crippen molar-refractivity contribution in [1.82, 2.24) is 20.0 Å². The third-order valence-electron chi connectivity index (χ3n) is 2.89. The fourth-order valence-electron chi connectivity index (χ4n) is 1.96. The van der Waals surface area contributed by atoms with Crippen molar-refractivity contribution in [3.05, 3.63) is 58.9 Å². The number of nitrogens with zero attached hydrogens (tertiary/aromatic N) is 4. The van der Waals surface area contributed by atoms with Crippen LogP contribution in [-0.4, -0.2) is 20.0 Å². The first kappa shape index (κ1) is 14.1. The molecule has 0 saturated carbocycles. The van der Waals surface area contributed by atoms with Crippen LogP contribution in [0.2, 0.25) is 5.02 Å². The summed E-state index contributed by atoms with van der Waals surface area (Å²) in [5, 5.41) is 14.4. The van der Waals surface area contributed by atoms with Gasteiger partial charge in [-0.25, -0.2) is 4.68 Å². The van der Waals surface area contributed by atoms with Crippen LogP contribution in [0.25, 0.3) is 5.82 Å². The largest absolute Gasteiger partial charge is 0.218 e. The highest BCUT2D eigenvalue weighted by atomic mass is 35.5. The van der Waals surface area contributed by atoms with Crippen molar-refractivity contribution in [3.8, 4) is 5.82 Å². The molecule has 0 aliphatic rings. The van der Waals surface area contributed by atoms with E-state index >= 15 is 0 Å². The first-order valence-corrected chi connectivity index (χ1v) is 7.62. The number of benzene rings is 1. The minimum absolute atomic E-state index is 0.723. The highest BCUT2D eigenvalue weighted by Crippen LogP contribution is 2.26. The van der Waals surface area contributed by atoms with Crippen molar-refractivity contribution < 1.29 is 0 Å². The maximum atomic E-state index is 5.87. The van der Waals surface area contributed by atoms with Crippen LogP contribution in [0, 0.1) is 13.8 Å². The Morgan fingerprint density at radius 3 is 2.33 bits per heavy atom. The average Bonchev–Trinajstić information content (AvgIpc) is 2.81. The van der Waals surface area contributed by atoms with E-state index in [0.29, 0.717) is 0 Å². The molecule has 1 aromatic carbocycles. The van der Waals surface area contributed by atoms with E-state index in [1.54, 1.807) is 16.4 Å². The summed E-state index contributed by atoms with van der Waals surface area (Å²) in [5.41, 5.74) is 2.01. The van der Waals surface area contributed by atoms with E-state index in [1.807, 2.05) is 56.3 Å². The van der Waals surface area contributed by atoms with E-state index in [-0.39, 0.29) is 0 Å². The van der Waals surface area contributed by atoms with Crippen LogP contribution in [-0.2, 0) is 0 Å². The van der Waals surface area contributed by atoms with Gasteiger partial charge in [-0.05, 0) is 56.3 Å². The molecule has 0 unspecified atom stereocenters. The van der Waals surface area contributed by atoms with Gasteiger partial charge in [-0.3, -0.25) is 0 Å². The molecule has 0 aliphatic heterocycles. The molecule has 2 aromatic heterocycles. The number of aryl methyl sites for hydroxylation is 2. The lowest BCUT2D eigenvalue weighted by molar-refractivity contribution is 0.765. The highest BCUT2D eigenvalue weighted by molar-refractivity contribution is 7.99. The smallest absolute Gasteiger partial charge is 0.175 e. The average molecular weight is 317 g/mol. The molecule has 0 atom stereocenters. The monoisotopic (exact) mass is 316 g/mol. The molecule has 6 heteroatoms. The number of aromatic nitrogens is 4. The third kappa shape index (κ3) is 3.25. The molecule has 0 amide bonds. The van der Waals surface area contributed by atoms with Crippen molar-refractivity contribution in [2.75, 3.05) is 0 Å². The van der Waals surface area contributed by atoms with Crippen molar-refractivity contribution >= 4 is 23.4 Å². The van der Waals surface area contributed by atoms with E-state index in [2.05, 4.69) is 15.3 Å². The van der Waals surface area contributed by atoms with Gasteiger partial charge >= 0.3 is 0 Å². The molecule has 106 valence electrons. The second kappa shape index (κ2) is 5.87. The molecule has 3 rings (SSSR count). The van der Waals surface area contributed by atoms with Crippen LogP contribution >= 0.6 is 23.4 Å². The van der Waals surface area contributed by atoms with Gasteiger partial charge in [-0.1, -0.05) is 23.4 Å². The van der Waals surface area contributed by atoms with E-state index in [9.17, 15) is 0 Å². The zero-order valence-corrected chi connectivity index (χ0v) is 13.2. The summed E-state index contributed by atoms with van der Waals surface area (Å²) in [6.07, 6.45) is 0. The lowest BCUT2D eigenvalue weighted by Crippen LogP contribution is -2.03. The van der Waals surface area contributed by atoms with E-state index in [0.717, 1.165) is 32.1 Å². The molecule has 0 N–H and O–H groups in total. The molecular weight excluding hydrogens is 304 g/mol. The van der Waals surface area contributed by atoms with Crippen LogP contribution < -0.4 is 0 Å². The molecule has 3 aromatic rings. The summed E-state index contributed by atoms with van der Waals surface area (Å²) in [6, 6.07) is 13.5. The summed E-state index contributed by atoms with van der Waals surface area (Å²) in [7, 11) is 0. The molecule has 0 fully saturated rings. The fraction of sp³-hybridized carbons (Fsp3) is 0.133. The zero-order chi connectivity index (χ0) is 14.8. The van der Waals surface area contributed by atoms with Crippen LogP contribution in [0.1, 0.15) is 11.4 Å².